The van der Waals surface area contributed by atoms with E-state index in [0.29, 0.717) is 20.2 Å². The van der Waals surface area contributed by atoms with Crippen LogP contribution in [0.4, 0.5) is 5.69 Å². The first kappa shape index (κ1) is 8.74. The molecule has 1 rings (SSSR count). The molecule has 2 nitrogen and oxygen atoms in total. The number of carbonyl (C=O) groups is 1. The number of halogens is 2. The summed E-state index contributed by atoms with van der Waals surface area (Å²) in [5.74, 6) is 0. The van der Waals surface area contributed by atoms with E-state index >= 15 is 0 Å². The average Bonchev–Trinajstić information content (AvgIpc) is 1.85. The molecule has 0 aliphatic heterocycles. The van der Waals surface area contributed by atoms with Crippen LogP contribution < -0.4 is 5.73 Å². The van der Waals surface area contributed by atoms with Crippen molar-refractivity contribution in [1.82, 2.24) is 0 Å². The molecule has 1 aromatic rings. The minimum Gasteiger partial charge on any atom is -0.399 e. The smallest absolute Gasteiger partial charge is 0.152 e. The summed E-state index contributed by atoms with van der Waals surface area (Å²) in [6.45, 7) is 0. The van der Waals surface area contributed by atoms with Crippen LogP contribution in [-0.4, -0.2) is 6.29 Å². The van der Waals surface area contributed by atoms with Gasteiger partial charge < -0.3 is 5.73 Å². The molecule has 0 atom stereocenters. The van der Waals surface area contributed by atoms with Gasteiger partial charge in [-0.05, 0) is 44.0 Å². The van der Waals surface area contributed by atoms with Crippen LogP contribution in [0.15, 0.2) is 21.1 Å². The zero-order chi connectivity index (χ0) is 8.43. The summed E-state index contributed by atoms with van der Waals surface area (Å²) in [4.78, 5) is 10.5. The largest absolute Gasteiger partial charge is 0.399 e. The van der Waals surface area contributed by atoms with E-state index in [1.807, 2.05) is 0 Å². The second kappa shape index (κ2) is 3.36. The van der Waals surface area contributed by atoms with E-state index in [0.717, 1.165) is 6.29 Å². The highest BCUT2D eigenvalue weighted by Gasteiger charge is 2.03. The van der Waals surface area contributed by atoms with E-state index in [2.05, 4.69) is 31.9 Å². The lowest BCUT2D eigenvalue weighted by atomic mass is 10.2. The first-order valence-corrected chi connectivity index (χ1v) is 4.43. The molecular weight excluding hydrogens is 274 g/mol. The molecule has 2 N–H and O–H groups in total. The summed E-state index contributed by atoms with van der Waals surface area (Å²) in [5, 5.41) is 0. The van der Waals surface area contributed by atoms with Crippen molar-refractivity contribution in [2.24, 2.45) is 0 Å². The van der Waals surface area contributed by atoms with Gasteiger partial charge in [0.15, 0.2) is 6.29 Å². The maximum atomic E-state index is 10.5. The Kier molecular flexibility index (Phi) is 2.67. The van der Waals surface area contributed by atoms with Gasteiger partial charge >= 0.3 is 0 Å². The lowest BCUT2D eigenvalue weighted by Crippen LogP contribution is -1.89. The molecule has 0 bridgehead atoms. The number of hydrogen-bond acceptors (Lipinski definition) is 2. The van der Waals surface area contributed by atoms with E-state index in [1.54, 1.807) is 12.1 Å². The molecule has 0 heterocycles. The lowest BCUT2D eigenvalue weighted by molar-refractivity contribution is 0.112. The highest BCUT2D eigenvalue weighted by molar-refractivity contribution is 9.11. The van der Waals surface area contributed by atoms with Crippen molar-refractivity contribution in [2.45, 2.75) is 0 Å². The number of nitrogens with two attached hydrogens (primary N) is 1. The summed E-state index contributed by atoms with van der Waals surface area (Å²) in [6, 6.07) is 3.38. The molecular formula is C7H5Br2NO. The summed E-state index contributed by atoms with van der Waals surface area (Å²) >= 11 is 6.43. The van der Waals surface area contributed by atoms with Crippen LogP contribution in [0.2, 0.25) is 0 Å². The standard InChI is InChI=1S/C7H5Br2NO/c8-6-1-4(10)2-7(9)5(6)3-11/h1-3H,10H2. The molecule has 0 aliphatic rings. The Morgan fingerprint density at radius 2 is 1.73 bits per heavy atom. The van der Waals surface area contributed by atoms with Crippen LogP contribution in [0.25, 0.3) is 0 Å². The minimum absolute atomic E-state index is 0.583. The van der Waals surface area contributed by atoms with Crippen molar-refractivity contribution in [1.29, 1.82) is 0 Å². The van der Waals surface area contributed by atoms with Gasteiger partial charge in [-0.2, -0.15) is 0 Å². The van der Waals surface area contributed by atoms with Gasteiger partial charge in [-0.1, -0.05) is 0 Å². The Morgan fingerprint density at radius 3 is 2.09 bits per heavy atom. The molecule has 0 amide bonds. The van der Waals surface area contributed by atoms with Crippen LogP contribution in [-0.2, 0) is 0 Å². The number of rotatable bonds is 1. The molecule has 0 saturated carbocycles. The fourth-order valence-corrected chi connectivity index (χ4v) is 2.13. The molecule has 0 aromatic heterocycles. The van der Waals surface area contributed by atoms with Crippen molar-refractivity contribution >= 4 is 43.8 Å². The topological polar surface area (TPSA) is 43.1 Å². The van der Waals surface area contributed by atoms with Gasteiger partial charge in [-0.3, -0.25) is 4.79 Å². The zero-order valence-corrected chi connectivity index (χ0v) is 8.65. The minimum atomic E-state index is 0.583. The number of carbonyl (C=O) groups excluding carboxylic acids is 1. The van der Waals surface area contributed by atoms with Crippen LogP contribution in [0.1, 0.15) is 10.4 Å². The molecule has 0 saturated heterocycles. The molecule has 58 valence electrons. The third-order valence-electron chi connectivity index (χ3n) is 1.22. The summed E-state index contributed by atoms with van der Waals surface area (Å²) in [6.07, 6.45) is 0.771. The predicted molar refractivity (Wildman–Crippen MR) is 51.6 cm³/mol. The first-order valence-electron chi connectivity index (χ1n) is 2.85. The molecule has 4 heteroatoms. The van der Waals surface area contributed by atoms with Crippen LogP contribution in [0.3, 0.4) is 0 Å². The lowest BCUT2D eigenvalue weighted by Gasteiger charge is -2.00. The van der Waals surface area contributed by atoms with Crippen molar-refractivity contribution in [2.75, 3.05) is 5.73 Å². The molecule has 0 fully saturated rings. The third kappa shape index (κ3) is 1.81. The monoisotopic (exact) mass is 277 g/mol. The highest BCUT2D eigenvalue weighted by Crippen LogP contribution is 2.26. The van der Waals surface area contributed by atoms with Gasteiger partial charge in [0.1, 0.15) is 0 Å². The molecule has 0 aliphatic carbocycles. The highest BCUT2D eigenvalue weighted by atomic mass is 79.9. The number of hydrogen-bond donors (Lipinski definition) is 1. The van der Waals surface area contributed by atoms with Crippen molar-refractivity contribution in [3.8, 4) is 0 Å². The van der Waals surface area contributed by atoms with Gasteiger partial charge in [-0.25, -0.2) is 0 Å². The van der Waals surface area contributed by atoms with Crippen molar-refractivity contribution in [3.05, 3.63) is 26.6 Å². The third-order valence-corrected chi connectivity index (χ3v) is 2.53. The van der Waals surface area contributed by atoms with E-state index < -0.39 is 0 Å². The van der Waals surface area contributed by atoms with E-state index in [9.17, 15) is 4.79 Å². The van der Waals surface area contributed by atoms with Gasteiger partial charge in [0.05, 0.1) is 0 Å². The Bertz CT molecular complexity index is 275. The van der Waals surface area contributed by atoms with Gasteiger partial charge in [0, 0.05) is 20.2 Å². The molecule has 0 unspecified atom stereocenters. The quantitative estimate of drug-likeness (QED) is 0.634. The number of nitrogen functional groups attached to an aromatic ring is 1. The summed E-state index contributed by atoms with van der Waals surface area (Å²) < 4.78 is 1.42. The second-order valence-electron chi connectivity index (χ2n) is 2.02. The molecule has 0 radical (unpaired) electrons. The maximum Gasteiger partial charge on any atom is 0.152 e. The van der Waals surface area contributed by atoms with E-state index in [4.69, 9.17) is 5.73 Å². The predicted octanol–water partition coefficient (Wildman–Crippen LogP) is 2.61. The summed E-state index contributed by atoms with van der Waals surface area (Å²) in [5.41, 5.74) is 6.71. The Hall–Kier alpha value is -0.350. The normalized spacial score (nSPS) is 9.64. The number of anilines is 1. The van der Waals surface area contributed by atoms with E-state index in [1.165, 1.54) is 0 Å². The Balaban J connectivity index is 3.36. The number of benzene rings is 1. The van der Waals surface area contributed by atoms with E-state index in [-0.39, 0.29) is 0 Å². The van der Waals surface area contributed by atoms with Crippen LogP contribution in [0.5, 0.6) is 0 Å². The summed E-state index contributed by atoms with van der Waals surface area (Å²) in [7, 11) is 0. The van der Waals surface area contributed by atoms with Crippen molar-refractivity contribution < 1.29 is 4.79 Å². The van der Waals surface area contributed by atoms with Crippen molar-refractivity contribution in [3.63, 3.8) is 0 Å². The fourth-order valence-electron chi connectivity index (χ4n) is 0.716. The second-order valence-corrected chi connectivity index (χ2v) is 3.72. The molecule has 0 spiro atoms. The van der Waals surface area contributed by atoms with Crippen LogP contribution >= 0.6 is 31.9 Å². The Morgan fingerprint density at radius 1 is 1.27 bits per heavy atom. The van der Waals surface area contributed by atoms with Gasteiger partial charge in [0.2, 0.25) is 0 Å². The fraction of sp³-hybridized carbons (Fsp3) is 0. The SMILES string of the molecule is Nc1cc(Br)c(C=O)c(Br)c1. The average molecular weight is 279 g/mol. The van der Waals surface area contributed by atoms with Gasteiger partial charge in [0.25, 0.3) is 0 Å². The van der Waals surface area contributed by atoms with Gasteiger partial charge in [-0.15, -0.1) is 0 Å². The van der Waals surface area contributed by atoms with Crippen LogP contribution in [0, 0.1) is 0 Å². The molecule has 11 heavy (non-hydrogen) atoms. The molecule has 1 aromatic carbocycles. The first-order chi connectivity index (χ1) is 5.15. The Labute approximate surface area is 81.0 Å². The maximum absolute atomic E-state index is 10.5. The zero-order valence-electron chi connectivity index (χ0n) is 5.47. The number of aldehydes is 1.